The van der Waals surface area contributed by atoms with E-state index in [0.717, 1.165) is 24.0 Å². The van der Waals surface area contributed by atoms with E-state index in [2.05, 4.69) is 29.6 Å². The van der Waals surface area contributed by atoms with Gasteiger partial charge in [-0.05, 0) is 72.6 Å². The fraction of sp³-hybridized carbons (Fsp3) is 0.333. The summed E-state index contributed by atoms with van der Waals surface area (Å²) in [6.45, 7) is 0. The van der Waals surface area contributed by atoms with Crippen LogP contribution in [0.3, 0.4) is 0 Å². The van der Waals surface area contributed by atoms with Crippen LogP contribution in [0.25, 0.3) is 0 Å². The van der Waals surface area contributed by atoms with Crippen molar-refractivity contribution >= 4 is 5.69 Å². The Bertz CT molecular complexity index is 662. The van der Waals surface area contributed by atoms with Gasteiger partial charge in [0.15, 0.2) is 0 Å². The van der Waals surface area contributed by atoms with Crippen LogP contribution in [0, 0.1) is 5.82 Å². The normalized spacial score (nSPS) is 19.8. The highest BCUT2D eigenvalue weighted by Crippen LogP contribution is 2.36. The first-order valence-corrected chi connectivity index (χ1v) is 7.47. The minimum atomic E-state index is -0.0549. The molecule has 0 aromatic heterocycles. The third kappa shape index (κ3) is 1.91. The van der Waals surface area contributed by atoms with E-state index in [1.165, 1.54) is 36.1 Å². The summed E-state index contributed by atoms with van der Waals surface area (Å²) in [7, 11) is 0. The van der Waals surface area contributed by atoms with Crippen molar-refractivity contribution in [1.82, 2.24) is 0 Å². The van der Waals surface area contributed by atoms with E-state index in [4.69, 9.17) is 0 Å². The molecule has 0 radical (unpaired) electrons. The number of anilines is 1. The molecular weight excluding hydrogens is 249 g/mol. The topological polar surface area (TPSA) is 12.0 Å². The first kappa shape index (κ1) is 12.0. The average molecular weight is 267 g/mol. The van der Waals surface area contributed by atoms with E-state index in [1.54, 1.807) is 6.07 Å². The van der Waals surface area contributed by atoms with Crippen LogP contribution in [-0.4, -0.2) is 0 Å². The maximum Gasteiger partial charge on any atom is 0.126 e. The van der Waals surface area contributed by atoms with Gasteiger partial charge < -0.3 is 5.32 Å². The second kappa shape index (κ2) is 4.62. The van der Waals surface area contributed by atoms with Gasteiger partial charge in [0.05, 0.1) is 6.04 Å². The molecule has 1 unspecified atom stereocenters. The molecule has 0 amide bonds. The van der Waals surface area contributed by atoms with Crippen LogP contribution in [0.2, 0.25) is 0 Å². The summed E-state index contributed by atoms with van der Waals surface area (Å²) >= 11 is 0. The molecule has 0 heterocycles. The van der Waals surface area contributed by atoms with Crippen LogP contribution in [0.5, 0.6) is 0 Å². The van der Waals surface area contributed by atoms with Crippen LogP contribution in [0.1, 0.15) is 41.1 Å². The zero-order valence-corrected chi connectivity index (χ0v) is 11.5. The second-order valence-electron chi connectivity index (χ2n) is 5.88. The van der Waals surface area contributed by atoms with Crippen molar-refractivity contribution in [2.75, 3.05) is 5.32 Å². The maximum absolute atomic E-state index is 13.8. The highest BCUT2D eigenvalue weighted by molar-refractivity contribution is 5.53. The van der Waals surface area contributed by atoms with Gasteiger partial charge in [0.1, 0.15) is 5.82 Å². The average Bonchev–Trinajstić information content (AvgIpc) is 3.06. The maximum atomic E-state index is 13.8. The van der Waals surface area contributed by atoms with E-state index in [9.17, 15) is 4.39 Å². The molecule has 4 rings (SSSR count). The Morgan fingerprint density at radius 1 is 1.00 bits per heavy atom. The molecule has 20 heavy (non-hydrogen) atoms. The van der Waals surface area contributed by atoms with Crippen molar-refractivity contribution in [1.29, 1.82) is 0 Å². The summed E-state index contributed by atoms with van der Waals surface area (Å²) in [6.07, 6.45) is 5.50. The van der Waals surface area contributed by atoms with E-state index in [-0.39, 0.29) is 11.9 Å². The summed E-state index contributed by atoms with van der Waals surface area (Å²) in [4.78, 5) is 0. The van der Waals surface area contributed by atoms with Crippen molar-refractivity contribution in [3.8, 4) is 0 Å². The molecule has 2 heteroatoms. The fourth-order valence-electron chi connectivity index (χ4n) is 3.62. The van der Waals surface area contributed by atoms with Gasteiger partial charge in [0, 0.05) is 5.69 Å². The standard InChI is InChI=1S/C18H18FN/c19-17-6-2-5-16-15(17)9-10-18(16)20-14-8-7-12-3-1-4-13(12)11-14/h2,5-8,11,18,20H,1,3-4,9-10H2. The molecule has 0 aliphatic heterocycles. The predicted molar refractivity (Wildman–Crippen MR) is 79.6 cm³/mol. The quantitative estimate of drug-likeness (QED) is 0.849. The van der Waals surface area contributed by atoms with Gasteiger partial charge >= 0.3 is 0 Å². The van der Waals surface area contributed by atoms with Crippen LogP contribution in [0.15, 0.2) is 36.4 Å². The van der Waals surface area contributed by atoms with Gasteiger partial charge in [-0.2, -0.15) is 0 Å². The molecule has 0 saturated carbocycles. The van der Waals surface area contributed by atoms with Crippen molar-refractivity contribution in [3.63, 3.8) is 0 Å². The van der Waals surface area contributed by atoms with Crippen molar-refractivity contribution < 1.29 is 4.39 Å². The molecule has 0 fully saturated rings. The molecule has 2 aromatic rings. The van der Waals surface area contributed by atoms with Crippen LogP contribution in [0.4, 0.5) is 10.1 Å². The van der Waals surface area contributed by atoms with E-state index < -0.39 is 0 Å². The highest BCUT2D eigenvalue weighted by Gasteiger charge is 2.24. The van der Waals surface area contributed by atoms with Gasteiger partial charge in [-0.3, -0.25) is 0 Å². The van der Waals surface area contributed by atoms with Crippen molar-refractivity contribution in [2.24, 2.45) is 0 Å². The Morgan fingerprint density at radius 2 is 1.90 bits per heavy atom. The van der Waals surface area contributed by atoms with Gasteiger partial charge in [-0.15, -0.1) is 0 Å². The molecule has 0 bridgehead atoms. The number of hydrogen-bond acceptors (Lipinski definition) is 1. The van der Waals surface area contributed by atoms with E-state index >= 15 is 0 Å². The Balaban J connectivity index is 1.61. The monoisotopic (exact) mass is 267 g/mol. The number of benzene rings is 2. The third-order valence-electron chi connectivity index (χ3n) is 4.65. The molecule has 2 aliphatic rings. The lowest BCUT2D eigenvalue weighted by atomic mass is 10.1. The summed E-state index contributed by atoms with van der Waals surface area (Å²) in [6, 6.07) is 12.4. The Labute approximate surface area is 118 Å². The summed E-state index contributed by atoms with van der Waals surface area (Å²) in [5, 5.41) is 3.59. The Hall–Kier alpha value is -1.83. The lowest BCUT2D eigenvalue weighted by Crippen LogP contribution is -2.07. The molecule has 0 saturated heterocycles. The number of aryl methyl sites for hydroxylation is 2. The summed E-state index contributed by atoms with van der Waals surface area (Å²) in [5.74, 6) is -0.0549. The van der Waals surface area contributed by atoms with Crippen molar-refractivity contribution in [3.05, 3.63) is 64.5 Å². The molecule has 0 spiro atoms. The van der Waals surface area contributed by atoms with Gasteiger partial charge in [0.25, 0.3) is 0 Å². The first-order chi connectivity index (χ1) is 9.81. The molecule has 1 atom stereocenters. The molecule has 1 N–H and O–H groups in total. The minimum absolute atomic E-state index is 0.0549. The largest absolute Gasteiger partial charge is 0.378 e. The zero-order valence-electron chi connectivity index (χ0n) is 11.5. The fourth-order valence-corrected chi connectivity index (χ4v) is 3.62. The SMILES string of the molecule is Fc1cccc2c1CCC2Nc1ccc2c(c1)CCC2. The van der Waals surface area contributed by atoms with Crippen LogP contribution in [-0.2, 0) is 19.3 Å². The Kier molecular flexibility index (Phi) is 2.76. The lowest BCUT2D eigenvalue weighted by Gasteiger charge is -2.16. The smallest absolute Gasteiger partial charge is 0.126 e. The molecule has 2 aliphatic carbocycles. The second-order valence-corrected chi connectivity index (χ2v) is 5.88. The highest BCUT2D eigenvalue weighted by atomic mass is 19.1. The van der Waals surface area contributed by atoms with Gasteiger partial charge in [-0.25, -0.2) is 4.39 Å². The lowest BCUT2D eigenvalue weighted by molar-refractivity contribution is 0.612. The number of rotatable bonds is 2. The molecule has 2 aromatic carbocycles. The van der Waals surface area contributed by atoms with Gasteiger partial charge in [0.2, 0.25) is 0 Å². The first-order valence-electron chi connectivity index (χ1n) is 7.47. The summed E-state index contributed by atoms with van der Waals surface area (Å²) < 4.78 is 13.8. The molecular formula is C18H18FN. The van der Waals surface area contributed by atoms with E-state index in [1.807, 2.05) is 6.07 Å². The van der Waals surface area contributed by atoms with E-state index in [0.29, 0.717) is 0 Å². The van der Waals surface area contributed by atoms with Crippen LogP contribution < -0.4 is 5.32 Å². The third-order valence-corrected chi connectivity index (χ3v) is 4.65. The van der Waals surface area contributed by atoms with Gasteiger partial charge in [-0.1, -0.05) is 18.2 Å². The molecule has 102 valence electrons. The Morgan fingerprint density at radius 3 is 2.85 bits per heavy atom. The summed E-state index contributed by atoms with van der Waals surface area (Å²) in [5.41, 5.74) is 6.17. The predicted octanol–water partition coefficient (Wildman–Crippen LogP) is 4.41. The minimum Gasteiger partial charge on any atom is -0.378 e. The van der Waals surface area contributed by atoms with Crippen LogP contribution >= 0.6 is 0 Å². The number of fused-ring (bicyclic) bond motifs is 2. The zero-order chi connectivity index (χ0) is 13.5. The number of nitrogens with one attached hydrogen (secondary N) is 1. The number of halogens is 1. The number of hydrogen-bond donors (Lipinski definition) is 1. The molecule has 1 nitrogen and oxygen atoms in total. The van der Waals surface area contributed by atoms with Crippen molar-refractivity contribution in [2.45, 2.75) is 38.1 Å².